The van der Waals surface area contributed by atoms with Crippen LogP contribution in [0.25, 0.3) is 16.7 Å². The number of hydrogen-bond acceptors (Lipinski definition) is 8. The number of carbonyl (C=O) groups is 3. The highest BCUT2D eigenvalue weighted by atomic mass is 16.6. The van der Waals surface area contributed by atoms with Gasteiger partial charge in [-0.3, -0.25) is 29.6 Å². The molecule has 0 unspecified atom stereocenters. The Hall–Kier alpha value is -4.15. The molecule has 3 heterocycles. The molecule has 0 bridgehead atoms. The highest BCUT2D eigenvalue weighted by Gasteiger charge is 2.32. The number of hydrogen-bond donors (Lipinski definition) is 3. The summed E-state index contributed by atoms with van der Waals surface area (Å²) in [4.78, 5) is 48.5. The van der Waals surface area contributed by atoms with Crippen LogP contribution in [0.1, 0.15) is 41.5 Å². The summed E-state index contributed by atoms with van der Waals surface area (Å²) in [6.45, 7) is 5.15. The van der Waals surface area contributed by atoms with E-state index in [0.717, 1.165) is 10.6 Å². The number of aromatic nitrogens is 2. The number of fused-ring (bicyclic) bond motifs is 2. The minimum atomic E-state index is -0.729. The van der Waals surface area contributed by atoms with Crippen molar-refractivity contribution in [3.63, 3.8) is 0 Å². The van der Waals surface area contributed by atoms with E-state index >= 15 is 0 Å². The third-order valence-corrected chi connectivity index (χ3v) is 4.28. The van der Waals surface area contributed by atoms with Crippen molar-refractivity contribution in [1.29, 1.82) is 0 Å². The first-order valence-electron chi connectivity index (χ1n) is 8.86. The summed E-state index contributed by atoms with van der Waals surface area (Å²) in [5.41, 5.74) is 5.22. The van der Waals surface area contributed by atoms with Gasteiger partial charge in [0.05, 0.1) is 22.2 Å². The standard InChI is InChI=1S/C19H17N5O6/c1-19(2,3)29-18(28)21-15-9-6-8(4-5-11(9)30-23-15)24-12(25)7-10-13(14(24)20)17(27)22-16(10)26/h4-7H,20H2,1-3H3,(H,21,23,28)(H,22,26,27). The fourth-order valence-corrected chi connectivity index (χ4v) is 3.10. The van der Waals surface area contributed by atoms with Crippen LogP contribution in [0.2, 0.25) is 0 Å². The summed E-state index contributed by atoms with van der Waals surface area (Å²) >= 11 is 0. The molecular formula is C19H17N5O6. The van der Waals surface area contributed by atoms with Crippen LogP contribution in [0.3, 0.4) is 0 Å². The first-order chi connectivity index (χ1) is 14.0. The molecule has 0 atom stereocenters. The molecule has 0 saturated carbocycles. The Labute approximate surface area is 168 Å². The number of amides is 3. The highest BCUT2D eigenvalue weighted by molar-refractivity contribution is 6.23. The molecule has 0 radical (unpaired) electrons. The fraction of sp³-hybridized carbons (Fsp3) is 0.211. The van der Waals surface area contributed by atoms with Gasteiger partial charge in [-0.2, -0.15) is 0 Å². The van der Waals surface area contributed by atoms with E-state index in [9.17, 15) is 19.2 Å². The summed E-state index contributed by atoms with van der Waals surface area (Å²) < 4.78 is 11.5. The molecule has 0 aliphatic carbocycles. The molecule has 2 aromatic heterocycles. The van der Waals surface area contributed by atoms with E-state index in [1.807, 2.05) is 0 Å². The average molecular weight is 411 g/mol. The minimum absolute atomic E-state index is 0.0721. The highest BCUT2D eigenvalue weighted by Crippen LogP contribution is 2.28. The van der Waals surface area contributed by atoms with Crippen LogP contribution in [0, 0.1) is 0 Å². The van der Waals surface area contributed by atoms with E-state index < -0.39 is 29.1 Å². The largest absolute Gasteiger partial charge is 0.444 e. The first-order valence-corrected chi connectivity index (χ1v) is 8.86. The van der Waals surface area contributed by atoms with Crippen molar-refractivity contribution in [3.05, 3.63) is 45.7 Å². The molecular weight excluding hydrogens is 394 g/mol. The van der Waals surface area contributed by atoms with Crippen molar-refractivity contribution in [3.8, 4) is 5.69 Å². The Kier molecular flexibility index (Phi) is 4.12. The zero-order chi connectivity index (χ0) is 21.8. The molecule has 30 heavy (non-hydrogen) atoms. The number of nitrogen functional groups attached to an aromatic ring is 1. The number of imide groups is 1. The van der Waals surface area contributed by atoms with Crippen LogP contribution < -0.4 is 21.9 Å². The smallest absolute Gasteiger partial charge is 0.413 e. The second-order valence-corrected chi connectivity index (χ2v) is 7.61. The molecule has 1 aliphatic rings. The third kappa shape index (κ3) is 3.15. The van der Waals surface area contributed by atoms with Crippen molar-refractivity contribution in [2.75, 3.05) is 11.1 Å². The van der Waals surface area contributed by atoms with Gasteiger partial charge < -0.3 is 15.0 Å². The summed E-state index contributed by atoms with van der Waals surface area (Å²) in [6.07, 6.45) is -0.729. The lowest BCUT2D eigenvalue weighted by atomic mass is 10.1. The second-order valence-electron chi connectivity index (χ2n) is 7.61. The van der Waals surface area contributed by atoms with Crippen molar-refractivity contribution in [1.82, 2.24) is 15.0 Å². The topological polar surface area (TPSA) is 159 Å². The third-order valence-electron chi connectivity index (χ3n) is 4.28. The Morgan fingerprint density at radius 2 is 1.93 bits per heavy atom. The lowest BCUT2D eigenvalue weighted by Crippen LogP contribution is -2.27. The molecule has 11 nitrogen and oxygen atoms in total. The lowest BCUT2D eigenvalue weighted by molar-refractivity contribution is 0.0634. The van der Waals surface area contributed by atoms with Gasteiger partial charge in [-0.05, 0) is 39.0 Å². The molecule has 3 amide bonds. The molecule has 11 heteroatoms. The van der Waals surface area contributed by atoms with Crippen LogP contribution >= 0.6 is 0 Å². The van der Waals surface area contributed by atoms with Gasteiger partial charge in [-0.1, -0.05) is 5.16 Å². The normalized spacial score (nSPS) is 13.3. The van der Waals surface area contributed by atoms with Crippen LogP contribution in [0.15, 0.2) is 33.6 Å². The predicted octanol–water partition coefficient (Wildman–Crippen LogP) is 1.79. The van der Waals surface area contributed by atoms with Gasteiger partial charge in [-0.15, -0.1) is 0 Å². The Morgan fingerprint density at radius 3 is 2.63 bits per heavy atom. The number of carbonyl (C=O) groups excluding carboxylic acids is 3. The SMILES string of the molecule is CC(C)(C)OC(=O)Nc1noc2ccc(-n3c(N)c4c(cc3=O)C(=O)NC4=O)cc12. The quantitative estimate of drug-likeness (QED) is 0.538. The second kappa shape index (κ2) is 6.44. The van der Waals surface area contributed by atoms with Crippen LogP contribution in [-0.4, -0.2) is 33.2 Å². The maximum Gasteiger partial charge on any atom is 0.413 e. The maximum atomic E-state index is 12.6. The van der Waals surface area contributed by atoms with E-state index in [-0.39, 0.29) is 28.5 Å². The van der Waals surface area contributed by atoms with Crippen LogP contribution in [-0.2, 0) is 4.74 Å². The van der Waals surface area contributed by atoms with Gasteiger partial charge in [-0.25, -0.2) is 4.79 Å². The van der Waals surface area contributed by atoms with Gasteiger partial charge in [0.15, 0.2) is 11.4 Å². The van der Waals surface area contributed by atoms with E-state index in [2.05, 4.69) is 15.8 Å². The predicted molar refractivity (Wildman–Crippen MR) is 106 cm³/mol. The summed E-state index contributed by atoms with van der Waals surface area (Å²) in [5.74, 6) is -1.45. The van der Waals surface area contributed by atoms with Gasteiger partial charge in [0, 0.05) is 6.07 Å². The van der Waals surface area contributed by atoms with Crippen molar-refractivity contribution in [2.45, 2.75) is 26.4 Å². The molecule has 4 rings (SSSR count). The molecule has 3 aromatic rings. The van der Waals surface area contributed by atoms with Crippen molar-refractivity contribution >= 4 is 40.5 Å². The van der Waals surface area contributed by atoms with Crippen molar-refractivity contribution in [2.24, 2.45) is 0 Å². The van der Waals surface area contributed by atoms with Crippen LogP contribution in [0.5, 0.6) is 0 Å². The van der Waals surface area contributed by atoms with Gasteiger partial charge in [0.2, 0.25) is 0 Å². The monoisotopic (exact) mass is 411 g/mol. The lowest BCUT2D eigenvalue weighted by Gasteiger charge is -2.19. The number of nitrogens with one attached hydrogen (secondary N) is 2. The molecule has 4 N–H and O–H groups in total. The van der Waals surface area contributed by atoms with Gasteiger partial charge in [0.1, 0.15) is 11.4 Å². The first kappa shape index (κ1) is 19.2. The molecule has 154 valence electrons. The summed E-state index contributed by atoms with van der Waals surface area (Å²) in [7, 11) is 0. The fourth-order valence-electron chi connectivity index (χ4n) is 3.10. The molecule has 0 saturated heterocycles. The molecule has 0 spiro atoms. The number of rotatable bonds is 2. The van der Waals surface area contributed by atoms with E-state index in [4.69, 9.17) is 15.0 Å². The van der Waals surface area contributed by atoms with Gasteiger partial charge in [0.25, 0.3) is 17.4 Å². The average Bonchev–Trinajstić information content (AvgIpc) is 3.14. The van der Waals surface area contributed by atoms with E-state index in [1.54, 1.807) is 20.8 Å². The maximum absolute atomic E-state index is 12.6. The minimum Gasteiger partial charge on any atom is -0.444 e. The van der Waals surface area contributed by atoms with Crippen LogP contribution in [0.4, 0.5) is 16.4 Å². The summed E-state index contributed by atoms with van der Waals surface area (Å²) in [5, 5.41) is 8.79. The number of anilines is 2. The zero-order valence-electron chi connectivity index (χ0n) is 16.2. The Morgan fingerprint density at radius 1 is 1.20 bits per heavy atom. The number of nitrogens with zero attached hydrogens (tertiary/aromatic N) is 2. The number of pyridine rings is 1. The zero-order valence-corrected chi connectivity index (χ0v) is 16.2. The van der Waals surface area contributed by atoms with E-state index in [1.165, 1.54) is 18.2 Å². The molecule has 1 aromatic carbocycles. The number of ether oxygens (including phenoxy) is 1. The van der Waals surface area contributed by atoms with Crippen molar-refractivity contribution < 1.29 is 23.6 Å². The summed E-state index contributed by atoms with van der Waals surface area (Å²) in [6, 6.07) is 5.62. The number of benzene rings is 1. The Bertz CT molecular complexity index is 1300. The molecule has 0 fully saturated rings. The Balaban J connectivity index is 1.80. The van der Waals surface area contributed by atoms with E-state index in [0.29, 0.717) is 11.0 Å². The molecule has 1 aliphatic heterocycles. The number of nitrogens with two attached hydrogens (primary N) is 1. The van der Waals surface area contributed by atoms with Gasteiger partial charge >= 0.3 is 6.09 Å².